The van der Waals surface area contributed by atoms with Gasteiger partial charge in [0, 0.05) is 13.1 Å². The van der Waals surface area contributed by atoms with Gasteiger partial charge in [0.1, 0.15) is 11.5 Å². The first-order chi connectivity index (χ1) is 10.1. The fraction of sp³-hybridized carbons (Fsp3) is 0.533. The zero-order valence-corrected chi connectivity index (χ0v) is 12.3. The predicted molar refractivity (Wildman–Crippen MR) is 76.5 cm³/mol. The van der Waals surface area contributed by atoms with Gasteiger partial charge in [0.05, 0.1) is 25.9 Å². The highest BCUT2D eigenvalue weighted by Gasteiger charge is 2.28. The second-order valence-corrected chi connectivity index (χ2v) is 5.01. The van der Waals surface area contributed by atoms with Gasteiger partial charge in [0.25, 0.3) is 5.91 Å². The van der Waals surface area contributed by atoms with E-state index in [2.05, 4.69) is 0 Å². The van der Waals surface area contributed by atoms with E-state index in [9.17, 15) is 4.79 Å². The number of rotatable bonds is 5. The number of benzene rings is 1. The molecule has 2 rings (SSSR count). The molecule has 2 atom stereocenters. The molecule has 1 N–H and O–H groups in total. The third-order valence-electron chi connectivity index (χ3n) is 3.30. The fourth-order valence-corrected chi connectivity index (χ4v) is 2.26. The maximum absolute atomic E-state index is 12.1. The summed E-state index contributed by atoms with van der Waals surface area (Å²) in [6, 6.07) is 7.06. The van der Waals surface area contributed by atoms with Crippen LogP contribution >= 0.6 is 0 Å². The number of aliphatic hydroxyl groups excluding tert-OH is 1. The highest BCUT2D eigenvalue weighted by molar-refractivity contribution is 5.78. The molecule has 1 aromatic rings. The third-order valence-corrected chi connectivity index (χ3v) is 3.30. The molecule has 1 fully saturated rings. The van der Waals surface area contributed by atoms with Crippen LogP contribution in [0.4, 0.5) is 0 Å². The molecule has 1 aromatic carbocycles. The fourth-order valence-electron chi connectivity index (χ4n) is 2.26. The normalized spacial score (nSPS) is 22.0. The van der Waals surface area contributed by atoms with Gasteiger partial charge in [0.15, 0.2) is 6.61 Å². The quantitative estimate of drug-likeness (QED) is 0.865. The molecular formula is C15H21NO5. The molecule has 0 saturated carbocycles. The lowest BCUT2D eigenvalue weighted by molar-refractivity contribution is -0.149. The molecule has 0 aliphatic carbocycles. The second-order valence-electron chi connectivity index (χ2n) is 5.01. The molecule has 21 heavy (non-hydrogen) atoms. The number of carbonyl (C=O) groups is 1. The van der Waals surface area contributed by atoms with Gasteiger partial charge in [-0.15, -0.1) is 0 Å². The smallest absolute Gasteiger partial charge is 0.260 e. The molecule has 2 unspecified atom stereocenters. The van der Waals surface area contributed by atoms with Crippen LogP contribution in [0.3, 0.4) is 0 Å². The summed E-state index contributed by atoms with van der Waals surface area (Å²) in [7, 11) is 1.59. The molecule has 116 valence electrons. The molecule has 1 heterocycles. The standard InChI is InChI=1S/C15H21NO5/c1-11-7-16(8-14(9-17)21-11)15(18)10-20-13-5-3-12(19-2)4-6-13/h3-6,11,14,17H,7-10H2,1-2H3. The highest BCUT2D eigenvalue weighted by Crippen LogP contribution is 2.17. The van der Waals surface area contributed by atoms with Crippen molar-refractivity contribution >= 4 is 5.91 Å². The molecule has 0 aromatic heterocycles. The maximum Gasteiger partial charge on any atom is 0.260 e. The van der Waals surface area contributed by atoms with Gasteiger partial charge in [-0.1, -0.05) is 0 Å². The van der Waals surface area contributed by atoms with Crippen molar-refractivity contribution < 1.29 is 24.1 Å². The Balaban J connectivity index is 1.85. The number of carbonyl (C=O) groups excluding carboxylic acids is 1. The average Bonchev–Trinajstić information content (AvgIpc) is 2.52. The molecule has 6 nitrogen and oxygen atoms in total. The van der Waals surface area contributed by atoms with Crippen molar-refractivity contribution in [3.63, 3.8) is 0 Å². The highest BCUT2D eigenvalue weighted by atomic mass is 16.5. The molecule has 6 heteroatoms. The Morgan fingerprint density at radius 2 is 2.00 bits per heavy atom. The summed E-state index contributed by atoms with van der Waals surface area (Å²) in [6.45, 7) is 2.67. The van der Waals surface area contributed by atoms with E-state index in [-0.39, 0.29) is 31.3 Å². The number of amides is 1. The molecule has 0 bridgehead atoms. The largest absolute Gasteiger partial charge is 0.497 e. The van der Waals surface area contributed by atoms with Crippen LogP contribution in [0.2, 0.25) is 0 Å². The third kappa shape index (κ3) is 4.34. The summed E-state index contributed by atoms with van der Waals surface area (Å²) < 4.78 is 16.0. The van der Waals surface area contributed by atoms with Crippen molar-refractivity contribution in [2.75, 3.05) is 33.4 Å². The number of methoxy groups -OCH3 is 1. The van der Waals surface area contributed by atoms with Crippen LogP contribution in [0.15, 0.2) is 24.3 Å². The molecular weight excluding hydrogens is 274 g/mol. The van der Waals surface area contributed by atoms with E-state index in [1.54, 1.807) is 36.3 Å². The van der Waals surface area contributed by atoms with Crippen LogP contribution in [0.25, 0.3) is 0 Å². The number of aliphatic hydroxyl groups is 1. The average molecular weight is 295 g/mol. The van der Waals surface area contributed by atoms with Crippen molar-refractivity contribution in [3.05, 3.63) is 24.3 Å². The van der Waals surface area contributed by atoms with Crippen LogP contribution < -0.4 is 9.47 Å². The van der Waals surface area contributed by atoms with Crippen molar-refractivity contribution in [2.24, 2.45) is 0 Å². The number of ether oxygens (including phenoxy) is 3. The topological polar surface area (TPSA) is 68.2 Å². The van der Waals surface area contributed by atoms with Crippen molar-refractivity contribution in [1.29, 1.82) is 0 Å². The Labute approximate surface area is 124 Å². The van der Waals surface area contributed by atoms with E-state index < -0.39 is 0 Å². The van der Waals surface area contributed by atoms with Gasteiger partial charge in [-0.25, -0.2) is 0 Å². The van der Waals surface area contributed by atoms with Crippen LogP contribution in [0.1, 0.15) is 6.92 Å². The predicted octanol–water partition coefficient (Wildman–Crippen LogP) is 0.682. The van der Waals surface area contributed by atoms with Crippen molar-refractivity contribution in [2.45, 2.75) is 19.1 Å². The molecule has 1 aliphatic heterocycles. The van der Waals surface area contributed by atoms with Gasteiger partial charge >= 0.3 is 0 Å². The minimum atomic E-state index is -0.321. The van der Waals surface area contributed by atoms with Gasteiger partial charge < -0.3 is 24.2 Å². The summed E-state index contributed by atoms with van der Waals surface area (Å²) in [4.78, 5) is 13.8. The minimum absolute atomic E-state index is 0.0306. The van der Waals surface area contributed by atoms with Gasteiger partial charge in [-0.2, -0.15) is 0 Å². The first-order valence-electron chi connectivity index (χ1n) is 6.93. The van der Waals surface area contributed by atoms with Crippen molar-refractivity contribution in [3.8, 4) is 11.5 Å². The van der Waals surface area contributed by atoms with Gasteiger partial charge in [-0.05, 0) is 31.2 Å². The van der Waals surface area contributed by atoms with Gasteiger partial charge in [0.2, 0.25) is 0 Å². The number of nitrogens with zero attached hydrogens (tertiary/aromatic N) is 1. The Morgan fingerprint density at radius 3 is 2.62 bits per heavy atom. The maximum atomic E-state index is 12.1. The summed E-state index contributed by atoms with van der Waals surface area (Å²) in [5.74, 6) is 1.24. The summed E-state index contributed by atoms with van der Waals surface area (Å²) >= 11 is 0. The molecule has 0 radical (unpaired) electrons. The zero-order chi connectivity index (χ0) is 15.2. The van der Waals surface area contributed by atoms with E-state index in [4.69, 9.17) is 19.3 Å². The van der Waals surface area contributed by atoms with Crippen LogP contribution in [-0.2, 0) is 9.53 Å². The van der Waals surface area contributed by atoms with E-state index in [0.717, 1.165) is 5.75 Å². The van der Waals surface area contributed by atoms with E-state index in [1.807, 2.05) is 6.92 Å². The van der Waals surface area contributed by atoms with E-state index in [0.29, 0.717) is 18.8 Å². The number of morpholine rings is 1. The molecule has 1 aliphatic rings. The Bertz CT molecular complexity index is 462. The summed E-state index contributed by atoms with van der Waals surface area (Å²) in [6.07, 6.45) is -0.403. The van der Waals surface area contributed by atoms with E-state index in [1.165, 1.54) is 0 Å². The molecule has 1 amide bonds. The second kappa shape index (κ2) is 7.28. The summed E-state index contributed by atoms with van der Waals surface area (Å²) in [5.41, 5.74) is 0. The first kappa shape index (κ1) is 15.6. The lowest BCUT2D eigenvalue weighted by Gasteiger charge is -2.36. The molecule has 1 saturated heterocycles. The monoisotopic (exact) mass is 295 g/mol. The first-order valence-corrected chi connectivity index (χ1v) is 6.93. The van der Waals surface area contributed by atoms with Crippen LogP contribution in [0, 0.1) is 0 Å². The summed E-state index contributed by atoms with van der Waals surface area (Å²) in [5, 5.41) is 9.16. The van der Waals surface area contributed by atoms with Crippen molar-refractivity contribution in [1.82, 2.24) is 4.90 Å². The van der Waals surface area contributed by atoms with Crippen LogP contribution in [-0.4, -0.2) is 61.5 Å². The lowest BCUT2D eigenvalue weighted by Crippen LogP contribution is -2.51. The Morgan fingerprint density at radius 1 is 1.33 bits per heavy atom. The molecule has 0 spiro atoms. The SMILES string of the molecule is COc1ccc(OCC(=O)N2CC(C)OC(CO)C2)cc1. The van der Waals surface area contributed by atoms with Gasteiger partial charge in [-0.3, -0.25) is 4.79 Å². The van der Waals surface area contributed by atoms with Crippen LogP contribution in [0.5, 0.6) is 11.5 Å². The Hall–Kier alpha value is -1.79. The van der Waals surface area contributed by atoms with E-state index >= 15 is 0 Å². The lowest BCUT2D eigenvalue weighted by atomic mass is 10.2. The minimum Gasteiger partial charge on any atom is -0.497 e. The number of hydrogen-bond donors (Lipinski definition) is 1. The number of hydrogen-bond acceptors (Lipinski definition) is 5. The zero-order valence-electron chi connectivity index (χ0n) is 12.3. The Kier molecular flexibility index (Phi) is 5.41.